The van der Waals surface area contributed by atoms with Gasteiger partial charge < -0.3 is 4.74 Å². The maximum absolute atomic E-state index is 12.7. The predicted octanol–water partition coefficient (Wildman–Crippen LogP) is 2.71. The van der Waals surface area contributed by atoms with Gasteiger partial charge in [0.05, 0.1) is 11.6 Å². The van der Waals surface area contributed by atoms with Crippen LogP contribution in [0.1, 0.15) is 19.8 Å². The van der Waals surface area contributed by atoms with Crippen LogP contribution in [0.15, 0.2) is 23.1 Å². The van der Waals surface area contributed by atoms with Crippen LogP contribution in [0.5, 0.6) is 0 Å². The topological polar surface area (TPSA) is 63.7 Å². The van der Waals surface area contributed by atoms with Gasteiger partial charge in [0, 0.05) is 11.6 Å². The van der Waals surface area contributed by atoms with Crippen molar-refractivity contribution in [1.82, 2.24) is 4.31 Å². The van der Waals surface area contributed by atoms with Crippen molar-refractivity contribution >= 4 is 39.2 Å². The Kier molecular flexibility index (Phi) is 5.14. The van der Waals surface area contributed by atoms with Crippen molar-refractivity contribution in [3.8, 4) is 0 Å². The smallest absolute Gasteiger partial charge is 0.324 e. The number of ether oxygens (including phenoxy) is 1. The number of carbonyl (C=O) groups is 1. The first-order valence-electron chi connectivity index (χ1n) is 6.51. The molecule has 0 aliphatic carbocycles. The standard InChI is InChI=1S/C13H15Cl2NO4S/c1-2-20-13(17)11-4-3-7-16(11)21(18,19)12-8-9(14)5-6-10(12)15/h5-6,8,11H,2-4,7H2,1H3. The highest BCUT2D eigenvalue weighted by Gasteiger charge is 2.41. The Balaban J connectivity index is 2.38. The van der Waals surface area contributed by atoms with Crippen LogP contribution >= 0.6 is 23.2 Å². The maximum atomic E-state index is 12.7. The Bertz CT molecular complexity index is 648. The van der Waals surface area contributed by atoms with Crippen molar-refractivity contribution in [2.24, 2.45) is 0 Å². The van der Waals surface area contributed by atoms with E-state index in [0.29, 0.717) is 12.8 Å². The van der Waals surface area contributed by atoms with Crippen LogP contribution < -0.4 is 0 Å². The van der Waals surface area contributed by atoms with Crippen LogP contribution in [-0.2, 0) is 19.6 Å². The average molecular weight is 352 g/mol. The zero-order valence-corrected chi connectivity index (χ0v) is 13.7. The third-order valence-electron chi connectivity index (χ3n) is 3.24. The molecular formula is C13H15Cl2NO4S. The van der Waals surface area contributed by atoms with Gasteiger partial charge >= 0.3 is 5.97 Å². The number of rotatable bonds is 4. The fourth-order valence-electron chi connectivity index (χ4n) is 2.30. The molecule has 1 fully saturated rings. The van der Waals surface area contributed by atoms with Crippen molar-refractivity contribution in [2.75, 3.05) is 13.2 Å². The fourth-order valence-corrected chi connectivity index (χ4v) is 4.69. The monoisotopic (exact) mass is 351 g/mol. The molecule has 1 heterocycles. The Morgan fingerprint density at radius 1 is 1.43 bits per heavy atom. The minimum atomic E-state index is -3.89. The van der Waals surface area contributed by atoms with Gasteiger partial charge in [-0.2, -0.15) is 4.31 Å². The molecule has 0 aromatic heterocycles. The molecule has 1 unspecified atom stereocenters. The summed E-state index contributed by atoms with van der Waals surface area (Å²) in [5.41, 5.74) is 0. The second-order valence-corrected chi connectivity index (χ2v) is 7.30. The van der Waals surface area contributed by atoms with Crippen LogP contribution in [0.3, 0.4) is 0 Å². The zero-order chi connectivity index (χ0) is 15.6. The minimum absolute atomic E-state index is 0.0777. The molecule has 116 valence electrons. The van der Waals surface area contributed by atoms with E-state index in [1.54, 1.807) is 6.92 Å². The third kappa shape index (κ3) is 3.34. The molecule has 21 heavy (non-hydrogen) atoms. The lowest BCUT2D eigenvalue weighted by Crippen LogP contribution is -2.41. The highest BCUT2D eigenvalue weighted by Crippen LogP contribution is 2.32. The van der Waals surface area contributed by atoms with Crippen molar-refractivity contribution in [1.29, 1.82) is 0 Å². The van der Waals surface area contributed by atoms with Crippen molar-refractivity contribution in [3.05, 3.63) is 28.2 Å². The second-order valence-electron chi connectivity index (χ2n) is 4.60. The largest absolute Gasteiger partial charge is 0.465 e. The maximum Gasteiger partial charge on any atom is 0.324 e. The molecule has 0 N–H and O–H groups in total. The third-order valence-corrected chi connectivity index (χ3v) is 5.87. The minimum Gasteiger partial charge on any atom is -0.465 e. The molecule has 2 rings (SSSR count). The van der Waals surface area contributed by atoms with Crippen molar-refractivity contribution in [2.45, 2.75) is 30.7 Å². The van der Waals surface area contributed by atoms with Crippen LogP contribution in [0.4, 0.5) is 0 Å². The average Bonchev–Trinajstić information content (AvgIpc) is 2.92. The molecule has 0 amide bonds. The molecular weight excluding hydrogens is 337 g/mol. The second kappa shape index (κ2) is 6.52. The van der Waals surface area contributed by atoms with Crippen LogP contribution in [-0.4, -0.2) is 37.9 Å². The molecule has 8 heteroatoms. The van der Waals surface area contributed by atoms with Gasteiger partial charge in [-0.25, -0.2) is 8.42 Å². The summed E-state index contributed by atoms with van der Waals surface area (Å²) in [5, 5.41) is 0.346. The number of esters is 1. The Labute approximate surface area is 133 Å². The summed E-state index contributed by atoms with van der Waals surface area (Å²) >= 11 is 11.8. The Hall–Kier alpha value is -0.820. The van der Waals surface area contributed by atoms with Gasteiger partial charge in [0.25, 0.3) is 0 Å². The number of hydrogen-bond acceptors (Lipinski definition) is 4. The molecule has 1 aliphatic rings. The Morgan fingerprint density at radius 2 is 2.14 bits per heavy atom. The lowest BCUT2D eigenvalue weighted by Gasteiger charge is -2.23. The lowest BCUT2D eigenvalue weighted by molar-refractivity contribution is -0.146. The number of sulfonamides is 1. The van der Waals surface area contributed by atoms with Gasteiger partial charge in [-0.3, -0.25) is 4.79 Å². The van der Waals surface area contributed by atoms with E-state index in [9.17, 15) is 13.2 Å². The molecule has 1 saturated heterocycles. The highest BCUT2D eigenvalue weighted by atomic mass is 35.5. The number of nitrogens with zero attached hydrogens (tertiary/aromatic N) is 1. The first-order chi connectivity index (χ1) is 9.87. The van der Waals surface area contributed by atoms with E-state index in [2.05, 4.69) is 0 Å². The number of hydrogen-bond donors (Lipinski definition) is 0. The Morgan fingerprint density at radius 3 is 2.81 bits per heavy atom. The summed E-state index contributed by atoms with van der Waals surface area (Å²) in [6.45, 7) is 2.15. The van der Waals surface area contributed by atoms with Gasteiger partial charge in [-0.05, 0) is 38.0 Å². The van der Waals surface area contributed by atoms with Gasteiger partial charge in [0.15, 0.2) is 0 Å². The van der Waals surface area contributed by atoms with Crippen molar-refractivity contribution < 1.29 is 17.9 Å². The first kappa shape index (κ1) is 16.5. The van der Waals surface area contributed by atoms with Crippen LogP contribution in [0, 0.1) is 0 Å². The zero-order valence-electron chi connectivity index (χ0n) is 11.4. The van der Waals surface area contributed by atoms with E-state index in [0.717, 1.165) is 4.31 Å². The van der Waals surface area contributed by atoms with E-state index < -0.39 is 22.0 Å². The first-order valence-corrected chi connectivity index (χ1v) is 8.71. The van der Waals surface area contributed by atoms with Gasteiger partial charge in [0.2, 0.25) is 10.0 Å². The summed E-state index contributed by atoms with van der Waals surface area (Å²) in [5.74, 6) is -0.531. The number of carbonyl (C=O) groups excluding carboxylic acids is 1. The van der Waals surface area contributed by atoms with Crippen LogP contribution in [0.2, 0.25) is 10.0 Å². The summed E-state index contributed by atoms with van der Waals surface area (Å²) < 4.78 is 31.5. The van der Waals surface area contributed by atoms with Gasteiger partial charge in [-0.15, -0.1) is 0 Å². The van der Waals surface area contributed by atoms with Crippen molar-refractivity contribution in [3.63, 3.8) is 0 Å². The molecule has 1 aliphatic heterocycles. The van der Waals surface area contributed by atoms with Crippen LogP contribution in [0.25, 0.3) is 0 Å². The summed E-state index contributed by atoms with van der Waals surface area (Å²) in [6.07, 6.45) is 1.04. The summed E-state index contributed by atoms with van der Waals surface area (Å²) in [4.78, 5) is 11.8. The molecule has 0 radical (unpaired) electrons. The molecule has 0 spiro atoms. The highest BCUT2D eigenvalue weighted by molar-refractivity contribution is 7.89. The van der Waals surface area contributed by atoms with E-state index in [4.69, 9.17) is 27.9 Å². The van der Waals surface area contributed by atoms with Gasteiger partial charge in [-0.1, -0.05) is 23.2 Å². The van der Waals surface area contributed by atoms with E-state index in [1.807, 2.05) is 0 Å². The van der Waals surface area contributed by atoms with Gasteiger partial charge in [0.1, 0.15) is 10.9 Å². The quantitative estimate of drug-likeness (QED) is 0.782. The number of benzene rings is 1. The normalized spacial score (nSPS) is 19.7. The fraction of sp³-hybridized carbons (Fsp3) is 0.462. The molecule has 5 nitrogen and oxygen atoms in total. The lowest BCUT2D eigenvalue weighted by atomic mass is 10.2. The molecule has 0 saturated carbocycles. The molecule has 0 bridgehead atoms. The SMILES string of the molecule is CCOC(=O)C1CCCN1S(=O)(=O)c1cc(Cl)ccc1Cl. The number of halogens is 2. The summed E-state index contributed by atoms with van der Waals surface area (Å²) in [6, 6.07) is 3.42. The molecule has 1 aromatic carbocycles. The van der Waals surface area contributed by atoms with E-state index in [-0.39, 0.29) is 28.1 Å². The van der Waals surface area contributed by atoms with E-state index >= 15 is 0 Å². The molecule has 1 atom stereocenters. The summed E-state index contributed by atoms with van der Waals surface area (Å²) in [7, 11) is -3.89. The molecule has 1 aromatic rings. The predicted molar refractivity (Wildman–Crippen MR) is 80.0 cm³/mol. The van der Waals surface area contributed by atoms with E-state index in [1.165, 1.54) is 18.2 Å².